The molecule has 0 unspecified atom stereocenters. The Balaban J connectivity index is 1.39. The van der Waals surface area contributed by atoms with Crippen LogP contribution in [0.25, 0.3) is 10.9 Å². The quantitative estimate of drug-likeness (QED) is 0.173. The van der Waals surface area contributed by atoms with Crippen molar-refractivity contribution in [2.75, 3.05) is 60.3 Å². The molecule has 13 nitrogen and oxygen atoms in total. The number of ether oxygens (including phenoxy) is 2. The van der Waals surface area contributed by atoms with Crippen molar-refractivity contribution in [1.29, 1.82) is 0 Å². The van der Waals surface area contributed by atoms with Gasteiger partial charge in [-0.3, -0.25) is 29.0 Å². The summed E-state index contributed by atoms with van der Waals surface area (Å²) in [5, 5.41) is 8.06. The van der Waals surface area contributed by atoms with Crippen molar-refractivity contribution in [2.45, 2.75) is 37.8 Å². The van der Waals surface area contributed by atoms with Crippen molar-refractivity contribution in [2.24, 2.45) is 0 Å². The minimum atomic E-state index is -3.42. The van der Waals surface area contributed by atoms with Crippen LogP contribution in [-0.2, 0) is 25.7 Å². The van der Waals surface area contributed by atoms with Crippen molar-refractivity contribution in [3.8, 4) is 11.5 Å². The third kappa shape index (κ3) is 9.47. The average Bonchev–Trinajstić information content (AvgIpc) is 3.39. The number of halogens is 2. The maximum Gasteiger partial charge on any atom is 0.289 e. The fourth-order valence-corrected chi connectivity index (χ4v) is 5.48. The van der Waals surface area contributed by atoms with Crippen LogP contribution in [0.3, 0.4) is 0 Å². The van der Waals surface area contributed by atoms with Crippen LogP contribution in [0.15, 0.2) is 48.7 Å². The molecule has 4 amide bonds. The number of ketones is 1. The van der Waals surface area contributed by atoms with Crippen molar-refractivity contribution < 1.29 is 46.7 Å². The Bertz CT molecular complexity index is 1740. The maximum atomic E-state index is 14.5. The molecule has 1 aliphatic heterocycles. The van der Waals surface area contributed by atoms with E-state index in [2.05, 4.69) is 20.9 Å². The molecule has 0 spiro atoms. The summed E-state index contributed by atoms with van der Waals surface area (Å²) in [7, 11) is 9.00. The zero-order valence-corrected chi connectivity index (χ0v) is 28.1. The Morgan fingerprint density at radius 1 is 1.00 bits per heavy atom. The second-order valence-electron chi connectivity index (χ2n) is 12.7. The van der Waals surface area contributed by atoms with Crippen molar-refractivity contribution in [3.05, 3.63) is 59.8 Å². The van der Waals surface area contributed by atoms with E-state index in [1.54, 1.807) is 36.4 Å². The van der Waals surface area contributed by atoms with Gasteiger partial charge in [-0.25, -0.2) is 8.78 Å². The van der Waals surface area contributed by atoms with E-state index in [4.69, 9.17) is 9.47 Å². The third-order valence-corrected chi connectivity index (χ3v) is 7.94. The molecule has 1 saturated heterocycles. The number of benzene rings is 2. The van der Waals surface area contributed by atoms with Gasteiger partial charge in [0.25, 0.3) is 17.7 Å². The molecule has 1 aliphatic rings. The number of nitrogens with zero attached hydrogens (tertiary/aromatic N) is 3. The number of para-hydroxylation sites is 1. The Morgan fingerprint density at radius 2 is 1.73 bits per heavy atom. The first-order valence-electron chi connectivity index (χ1n) is 15.6. The van der Waals surface area contributed by atoms with E-state index in [0.717, 1.165) is 11.0 Å². The summed E-state index contributed by atoms with van der Waals surface area (Å²) < 4.78 is 40.1. The molecule has 3 aromatic rings. The number of hydrogen-bond acceptors (Lipinski definition) is 8. The molecule has 15 heteroatoms. The Labute approximate surface area is 282 Å². The van der Waals surface area contributed by atoms with Crippen LogP contribution in [0.4, 0.5) is 14.5 Å². The number of Topliss-reactive ketones (excluding diaryl/α,β-unsaturated/α-hetero) is 1. The molecule has 0 aliphatic carbocycles. The zero-order chi connectivity index (χ0) is 35.9. The van der Waals surface area contributed by atoms with Crippen LogP contribution in [0, 0.1) is 0 Å². The Morgan fingerprint density at radius 3 is 2.43 bits per heavy atom. The number of amides is 4. The molecule has 262 valence electrons. The molecule has 2 aromatic carbocycles. The molecular weight excluding hydrogens is 642 g/mol. The fourth-order valence-electron chi connectivity index (χ4n) is 5.48. The highest BCUT2D eigenvalue weighted by Crippen LogP contribution is 2.33. The first-order chi connectivity index (χ1) is 23.1. The lowest BCUT2D eigenvalue weighted by atomic mass is 10.1. The number of fused-ring (bicyclic) bond motifs is 1. The van der Waals surface area contributed by atoms with Gasteiger partial charge in [0.1, 0.15) is 6.04 Å². The minimum Gasteiger partial charge on any atom is -0.493 e. The standard InChI is InChI=1S/C34H40F2N6O7/c1-42(2,3)15-7-10-28(43)40-24-9-6-8-22-23(13-14-37-30(22)24)32(46)39-19-29(44)41-20-34(35,36)17-25(41)31(45)33(47)38-18-21-11-12-26(48-4)27(16-21)49-5/h6,8-9,11-14,16,25H,7,10,15,17-20H2,1-5H3,(H2-,38,39,40,43,46,47)/p+1/t25-/m0/s1. The number of carbonyl (C=O) groups is 5. The van der Waals surface area contributed by atoms with E-state index in [1.807, 2.05) is 21.1 Å². The van der Waals surface area contributed by atoms with E-state index >= 15 is 0 Å². The Kier molecular flexibility index (Phi) is 11.5. The largest absolute Gasteiger partial charge is 0.493 e. The van der Waals surface area contributed by atoms with Gasteiger partial charge in [0.05, 0.1) is 71.8 Å². The van der Waals surface area contributed by atoms with Crippen molar-refractivity contribution in [1.82, 2.24) is 20.5 Å². The first kappa shape index (κ1) is 36.7. The lowest BCUT2D eigenvalue weighted by Crippen LogP contribution is -2.49. The molecule has 1 atom stereocenters. The number of methoxy groups -OCH3 is 2. The molecule has 49 heavy (non-hydrogen) atoms. The van der Waals surface area contributed by atoms with Crippen molar-refractivity contribution >= 4 is 46.0 Å². The van der Waals surface area contributed by atoms with Gasteiger partial charge in [0.2, 0.25) is 17.6 Å². The predicted octanol–water partition coefficient (Wildman–Crippen LogP) is 2.53. The third-order valence-electron chi connectivity index (χ3n) is 7.94. The number of alkyl halides is 2. The normalized spacial score (nSPS) is 15.4. The molecule has 3 N–H and O–H groups in total. The van der Waals surface area contributed by atoms with E-state index in [9.17, 15) is 32.8 Å². The summed E-state index contributed by atoms with van der Waals surface area (Å²) in [6, 6.07) is 9.46. The number of anilines is 1. The van der Waals surface area contributed by atoms with Gasteiger partial charge >= 0.3 is 0 Å². The molecule has 0 saturated carbocycles. The van der Waals surface area contributed by atoms with Crippen molar-refractivity contribution in [3.63, 3.8) is 0 Å². The molecule has 1 aromatic heterocycles. The number of likely N-dealkylation sites (tertiary alicyclic amines) is 1. The second kappa shape index (κ2) is 15.4. The summed E-state index contributed by atoms with van der Waals surface area (Å²) in [5.74, 6) is -6.78. The highest BCUT2D eigenvalue weighted by atomic mass is 19.3. The van der Waals surface area contributed by atoms with E-state index in [1.165, 1.54) is 26.5 Å². The number of quaternary nitrogens is 1. The zero-order valence-electron chi connectivity index (χ0n) is 28.1. The molecule has 4 rings (SSSR count). The molecular formula is C34H41F2N6O7+. The summed E-state index contributed by atoms with van der Waals surface area (Å²) >= 11 is 0. The number of carbonyl (C=O) groups excluding carboxylic acids is 5. The van der Waals surface area contributed by atoms with Crippen LogP contribution in [0.2, 0.25) is 0 Å². The minimum absolute atomic E-state index is 0.111. The summed E-state index contributed by atoms with van der Waals surface area (Å²) in [6.45, 7) is -1.10. The molecule has 2 heterocycles. The van der Waals surface area contributed by atoms with Crippen LogP contribution >= 0.6 is 0 Å². The number of nitrogens with one attached hydrogen (secondary N) is 3. The summed E-state index contributed by atoms with van der Waals surface area (Å²) in [5.41, 5.74) is 1.45. The van der Waals surface area contributed by atoms with Crippen LogP contribution in [0.5, 0.6) is 11.5 Å². The van der Waals surface area contributed by atoms with Crippen LogP contribution in [-0.4, -0.2) is 111 Å². The lowest BCUT2D eigenvalue weighted by molar-refractivity contribution is -0.870. The van der Waals surface area contributed by atoms with Gasteiger partial charge in [-0.05, 0) is 29.8 Å². The number of aromatic nitrogens is 1. The predicted molar refractivity (Wildman–Crippen MR) is 176 cm³/mol. The second-order valence-corrected chi connectivity index (χ2v) is 12.7. The van der Waals surface area contributed by atoms with E-state index in [0.29, 0.717) is 51.4 Å². The topological polar surface area (TPSA) is 156 Å². The number of rotatable bonds is 14. The monoisotopic (exact) mass is 683 g/mol. The van der Waals surface area contributed by atoms with Gasteiger partial charge in [0, 0.05) is 37.4 Å². The van der Waals surface area contributed by atoms with Gasteiger partial charge in [-0.15, -0.1) is 0 Å². The van der Waals surface area contributed by atoms with Crippen LogP contribution < -0.4 is 25.4 Å². The number of hydrogen-bond donors (Lipinski definition) is 3. The average molecular weight is 684 g/mol. The smallest absolute Gasteiger partial charge is 0.289 e. The van der Waals surface area contributed by atoms with Gasteiger partial charge in [0.15, 0.2) is 11.5 Å². The van der Waals surface area contributed by atoms with Crippen LogP contribution in [0.1, 0.15) is 35.2 Å². The van der Waals surface area contributed by atoms with Gasteiger partial charge in [-0.2, -0.15) is 0 Å². The van der Waals surface area contributed by atoms with Gasteiger partial charge < -0.3 is 34.8 Å². The molecule has 1 fully saturated rings. The summed E-state index contributed by atoms with van der Waals surface area (Å²) in [4.78, 5) is 69.6. The maximum absolute atomic E-state index is 14.5. The molecule has 0 bridgehead atoms. The lowest BCUT2D eigenvalue weighted by Gasteiger charge is -2.23. The summed E-state index contributed by atoms with van der Waals surface area (Å²) in [6.07, 6.45) is 1.32. The highest BCUT2D eigenvalue weighted by molar-refractivity contribution is 6.38. The SMILES string of the molecule is COc1ccc(CNC(=O)C(=O)[C@@H]2CC(F)(F)CN2C(=O)CNC(=O)c2ccnc3c(NC(=O)CCC[N+](C)(C)C)cccc23)cc1OC. The van der Waals surface area contributed by atoms with E-state index < -0.39 is 55.0 Å². The first-order valence-corrected chi connectivity index (χ1v) is 15.6. The molecule has 0 radical (unpaired) electrons. The highest BCUT2D eigenvalue weighted by Gasteiger charge is 2.51. The number of pyridine rings is 1. The Hall–Kier alpha value is -5.18. The van der Waals surface area contributed by atoms with Gasteiger partial charge in [-0.1, -0.05) is 18.2 Å². The fraction of sp³-hybridized carbons (Fsp3) is 0.412. The van der Waals surface area contributed by atoms with E-state index in [-0.39, 0.29) is 18.0 Å².